The van der Waals surface area contributed by atoms with Gasteiger partial charge in [-0.1, -0.05) is 15.9 Å². The lowest BCUT2D eigenvalue weighted by molar-refractivity contribution is -0.153. The second-order valence-electron chi connectivity index (χ2n) is 2.90. The van der Waals surface area contributed by atoms with E-state index >= 15 is 0 Å². The standard InChI is InChI=1S/C9H9BrF3NO/c10-7-1-6(4-14)2-8(3-7)15-5-9(11,12)13/h1-3H,4-5,14H2. The number of halogens is 4. The van der Waals surface area contributed by atoms with Gasteiger partial charge in [-0.25, -0.2) is 0 Å². The monoisotopic (exact) mass is 283 g/mol. The Kier molecular flexibility index (Phi) is 3.98. The Morgan fingerprint density at radius 1 is 1.27 bits per heavy atom. The molecular weight excluding hydrogens is 275 g/mol. The number of hydrogen-bond acceptors (Lipinski definition) is 2. The van der Waals surface area contributed by atoms with Crippen LogP contribution in [0.25, 0.3) is 0 Å². The highest BCUT2D eigenvalue weighted by molar-refractivity contribution is 9.10. The third kappa shape index (κ3) is 4.53. The molecule has 1 aromatic rings. The summed E-state index contributed by atoms with van der Waals surface area (Å²) in [6, 6.07) is 4.67. The van der Waals surface area contributed by atoms with E-state index in [2.05, 4.69) is 20.7 Å². The highest BCUT2D eigenvalue weighted by Gasteiger charge is 2.28. The van der Waals surface area contributed by atoms with Crippen molar-refractivity contribution < 1.29 is 17.9 Å². The van der Waals surface area contributed by atoms with Gasteiger partial charge in [0.25, 0.3) is 0 Å². The van der Waals surface area contributed by atoms with Crippen LogP contribution < -0.4 is 10.5 Å². The van der Waals surface area contributed by atoms with Crippen LogP contribution in [0, 0.1) is 0 Å². The molecule has 2 N–H and O–H groups in total. The summed E-state index contributed by atoms with van der Waals surface area (Å²) < 4.78 is 40.8. The molecule has 0 aliphatic rings. The molecule has 0 fully saturated rings. The first-order valence-electron chi connectivity index (χ1n) is 4.10. The number of nitrogens with two attached hydrogens (primary N) is 1. The van der Waals surface area contributed by atoms with Gasteiger partial charge >= 0.3 is 6.18 Å². The van der Waals surface area contributed by atoms with Crippen molar-refractivity contribution in [2.24, 2.45) is 5.73 Å². The zero-order valence-corrected chi connectivity index (χ0v) is 9.23. The first-order valence-corrected chi connectivity index (χ1v) is 4.89. The van der Waals surface area contributed by atoms with Crippen molar-refractivity contribution >= 4 is 15.9 Å². The maximum atomic E-state index is 11.9. The maximum Gasteiger partial charge on any atom is 0.422 e. The lowest BCUT2D eigenvalue weighted by Gasteiger charge is -2.10. The third-order valence-electron chi connectivity index (χ3n) is 1.57. The van der Waals surface area contributed by atoms with Crippen LogP contribution in [0.1, 0.15) is 5.56 Å². The maximum absolute atomic E-state index is 11.9. The van der Waals surface area contributed by atoms with E-state index in [0.29, 0.717) is 10.0 Å². The summed E-state index contributed by atoms with van der Waals surface area (Å²) in [6.45, 7) is -1.05. The SMILES string of the molecule is NCc1cc(Br)cc(OCC(F)(F)F)c1. The largest absolute Gasteiger partial charge is 0.484 e. The highest BCUT2D eigenvalue weighted by atomic mass is 79.9. The fourth-order valence-corrected chi connectivity index (χ4v) is 1.51. The Morgan fingerprint density at radius 2 is 1.93 bits per heavy atom. The zero-order chi connectivity index (χ0) is 11.5. The van der Waals surface area contributed by atoms with Gasteiger partial charge in [-0.2, -0.15) is 13.2 Å². The molecule has 0 atom stereocenters. The molecule has 1 aromatic carbocycles. The molecule has 1 rings (SSSR count). The van der Waals surface area contributed by atoms with Crippen molar-refractivity contribution in [3.63, 3.8) is 0 Å². The van der Waals surface area contributed by atoms with Crippen LogP contribution in [0.2, 0.25) is 0 Å². The van der Waals surface area contributed by atoms with Gasteiger partial charge in [0.2, 0.25) is 0 Å². The smallest absolute Gasteiger partial charge is 0.422 e. The van der Waals surface area contributed by atoms with Crippen LogP contribution in [0.4, 0.5) is 13.2 Å². The number of alkyl halides is 3. The molecule has 84 valence electrons. The van der Waals surface area contributed by atoms with E-state index in [1.807, 2.05) is 0 Å². The predicted octanol–water partition coefficient (Wildman–Crippen LogP) is 2.85. The van der Waals surface area contributed by atoms with Crippen molar-refractivity contribution in [1.82, 2.24) is 0 Å². The van der Waals surface area contributed by atoms with Crippen LogP contribution in [0.15, 0.2) is 22.7 Å². The minimum Gasteiger partial charge on any atom is -0.484 e. The summed E-state index contributed by atoms with van der Waals surface area (Å²) in [5, 5.41) is 0. The van der Waals surface area contributed by atoms with Gasteiger partial charge in [0, 0.05) is 11.0 Å². The van der Waals surface area contributed by atoms with E-state index in [-0.39, 0.29) is 12.3 Å². The summed E-state index contributed by atoms with van der Waals surface area (Å²) >= 11 is 3.16. The molecule has 2 nitrogen and oxygen atoms in total. The van der Waals surface area contributed by atoms with Gasteiger partial charge in [-0.3, -0.25) is 0 Å². The summed E-state index contributed by atoms with van der Waals surface area (Å²) in [6.07, 6.45) is -4.33. The minimum absolute atomic E-state index is 0.155. The lowest BCUT2D eigenvalue weighted by Crippen LogP contribution is -2.19. The molecule has 0 aliphatic heterocycles. The second kappa shape index (κ2) is 4.85. The number of ether oxygens (including phenoxy) is 1. The van der Waals surface area contributed by atoms with Crippen molar-refractivity contribution in [3.05, 3.63) is 28.2 Å². The molecule has 0 spiro atoms. The average molecular weight is 284 g/mol. The molecule has 0 aromatic heterocycles. The fraction of sp³-hybridized carbons (Fsp3) is 0.333. The van der Waals surface area contributed by atoms with Crippen molar-refractivity contribution in [3.8, 4) is 5.75 Å². The van der Waals surface area contributed by atoms with Gasteiger partial charge in [-0.15, -0.1) is 0 Å². The summed E-state index contributed by atoms with van der Waals surface area (Å²) in [5.41, 5.74) is 6.08. The second-order valence-corrected chi connectivity index (χ2v) is 3.82. The van der Waals surface area contributed by atoms with Crippen molar-refractivity contribution in [2.45, 2.75) is 12.7 Å². The summed E-state index contributed by atoms with van der Waals surface area (Å²) in [7, 11) is 0. The first kappa shape index (κ1) is 12.3. The normalized spacial score (nSPS) is 11.5. The van der Waals surface area contributed by atoms with Crippen molar-refractivity contribution in [1.29, 1.82) is 0 Å². The number of hydrogen-bond donors (Lipinski definition) is 1. The molecule has 15 heavy (non-hydrogen) atoms. The Hall–Kier alpha value is -0.750. The number of rotatable bonds is 3. The van der Waals surface area contributed by atoms with Crippen LogP contribution in [0.5, 0.6) is 5.75 Å². The third-order valence-corrected chi connectivity index (χ3v) is 2.03. The molecule has 0 amide bonds. The highest BCUT2D eigenvalue weighted by Crippen LogP contribution is 2.23. The lowest BCUT2D eigenvalue weighted by atomic mass is 10.2. The predicted molar refractivity (Wildman–Crippen MR) is 53.6 cm³/mol. The Morgan fingerprint density at radius 3 is 2.47 bits per heavy atom. The van der Waals surface area contributed by atoms with Crippen LogP contribution in [0.3, 0.4) is 0 Å². The van der Waals surface area contributed by atoms with Gasteiger partial charge in [0.05, 0.1) is 0 Å². The molecule has 0 radical (unpaired) electrons. The van der Waals surface area contributed by atoms with E-state index < -0.39 is 12.8 Å². The molecule has 0 unspecified atom stereocenters. The van der Waals surface area contributed by atoms with Gasteiger partial charge in [0.15, 0.2) is 6.61 Å². The first-order chi connectivity index (χ1) is 6.90. The van der Waals surface area contributed by atoms with Crippen molar-refractivity contribution in [2.75, 3.05) is 6.61 Å². The summed E-state index contributed by atoms with van der Waals surface area (Å²) in [5.74, 6) is 0.155. The van der Waals surface area contributed by atoms with Gasteiger partial charge < -0.3 is 10.5 Å². The van der Waals surface area contributed by atoms with E-state index in [9.17, 15) is 13.2 Å². The van der Waals surface area contributed by atoms with E-state index in [1.165, 1.54) is 12.1 Å². The van der Waals surface area contributed by atoms with Crippen LogP contribution in [-0.2, 0) is 6.54 Å². The molecular formula is C9H9BrF3NO. The Labute approximate surface area is 93.3 Å². The quantitative estimate of drug-likeness (QED) is 0.926. The van der Waals surface area contributed by atoms with Gasteiger partial charge in [-0.05, 0) is 23.8 Å². The van der Waals surface area contributed by atoms with E-state index in [4.69, 9.17) is 5.73 Å². The fourth-order valence-electron chi connectivity index (χ4n) is 0.987. The average Bonchev–Trinajstić information content (AvgIpc) is 2.13. The van der Waals surface area contributed by atoms with Crippen LogP contribution in [-0.4, -0.2) is 12.8 Å². The topological polar surface area (TPSA) is 35.2 Å². The van der Waals surface area contributed by atoms with E-state index in [0.717, 1.165) is 0 Å². The molecule has 6 heteroatoms. The molecule has 0 saturated carbocycles. The molecule has 0 saturated heterocycles. The molecule has 0 bridgehead atoms. The van der Waals surface area contributed by atoms with Crippen LogP contribution >= 0.6 is 15.9 Å². The summed E-state index contributed by atoms with van der Waals surface area (Å²) in [4.78, 5) is 0. The molecule has 0 aliphatic carbocycles. The van der Waals surface area contributed by atoms with Gasteiger partial charge in [0.1, 0.15) is 5.75 Å². The number of benzene rings is 1. The van der Waals surface area contributed by atoms with E-state index in [1.54, 1.807) is 6.07 Å². The minimum atomic E-state index is -4.33. The Balaban J connectivity index is 2.73. The zero-order valence-electron chi connectivity index (χ0n) is 7.64. The Bertz CT molecular complexity index is 341. The molecule has 0 heterocycles.